The van der Waals surface area contributed by atoms with Gasteiger partial charge in [-0.15, -0.1) is 0 Å². The average molecular weight is 248 g/mol. The summed E-state index contributed by atoms with van der Waals surface area (Å²) < 4.78 is 0. The second-order valence-corrected chi connectivity index (χ2v) is 5.54. The van der Waals surface area contributed by atoms with Gasteiger partial charge in [0.25, 0.3) is 5.91 Å². The Balaban J connectivity index is 1.96. The fourth-order valence-electron chi connectivity index (χ4n) is 2.15. The van der Waals surface area contributed by atoms with Gasteiger partial charge in [-0.25, -0.2) is 4.98 Å². The number of carbonyl (C=O) groups is 1. The molecule has 0 radical (unpaired) electrons. The maximum Gasteiger partial charge on any atom is 0.274 e. The Hall–Kier alpha value is -1.49. The molecular weight excluding hydrogens is 228 g/mol. The summed E-state index contributed by atoms with van der Waals surface area (Å²) in [5.74, 6) is -0.0170. The molecule has 1 aromatic heterocycles. The lowest BCUT2D eigenvalue weighted by Gasteiger charge is -2.42. The van der Waals surface area contributed by atoms with Crippen molar-refractivity contribution in [3.63, 3.8) is 0 Å². The molecule has 2 rings (SSSR count). The van der Waals surface area contributed by atoms with Crippen molar-refractivity contribution < 1.29 is 4.79 Å². The second kappa shape index (κ2) is 5.02. The van der Waals surface area contributed by atoms with Crippen molar-refractivity contribution >= 4 is 5.91 Å². The van der Waals surface area contributed by atoms with Crippen molar-refractivity contribution in [2.75, 3.05) is 26.2 Å². The van der Waals surface area contributed by atoms with Crippen LogP contribution in [0.5, 0.6) is 0 Å². The van der Waals surface area contributed by atoms with Crippen molar-refractivity contribution in [1.29, 1.82) is 0 Å². The molecule has 1 fully saturated rings. The summed E-state index contributed by atoms with van der Waals surface area (Å²) >= 11 is 0. The molecule has 1 aliphatic heterocycles. The number of hydrogen-bond acceptors (Lipinski definition) is 4. The van der Waals surface area contributed by atoms with E-state index in [1.54, 1.807) is 12.4 Å². The summed E-state index contributed by atoms with van der Waals surface area (Å²) in [6, 6.07) is 0. The van der Waals surface area contributed by atoms with E-state index in [2.05, 4.69) is 35.6 Å². The zero-order chi connectivity index (χ0) is 13.2. The minimum atomic E-state index is -0.0170. The molecule has 18 heavy (non-hydrogen) atoms. The van der Waals surface area contributed by atoms with E-state index in [0.717, 1.165) is 26.2 Å². The number of piperazine rings is 1. The van der Waals surface area contributed by atoms with Gasteiger partial charge < -0.3 is 4.90 Å². The number of rotatable bonds is 1. The normalized spacial score (nSPS) is 17.8. The minimum Gasteiger partial charge on any atom is -0.335 e. The monoisotopic (exact) mass is 248 g/mol. The number of nitrogens with zero attached hydrogens (tertiary/aromatic N) is 4. The molecule has 1 aliphatic rings. The van der Waals surface area contributed by atoms with Crippen LogP contribution in [0.3, 0.4) is 0 Å². The Morgan fingerprint density at radius 3 is 2.33 bits per heavy atom. The van der Waals surface area contributed by atoms with Crippen LogP contribution in [0, 0.1) is 0 Å². The highest BCUT2D eigenvalue weighted by Crippen LogP contribution is 2.16. The topological polar surface area (TPSA) is 49.3 Å². The van der Waals surface area contributed by atoms with Gasteiger partial charge >= 0.3 is 0 Å². The van der Waals surface area contributed by atoms with E-state index in [4.69, 9.17) is 0 Å². The molecule has 2 heterocycles. The van der Waals surface area contributed by atoms with Crippen LogP contribution >= 0.6 is 0 Å². The number of hydrogen-bond donors (Lipinski definition) is 0. The van der Waals surface area contributed by atoms with Crippen molar-refractivity contribution in [3.05, 3.63) is 24.3 Å². The second-order valence-electron chi connectivity index (χ2n) is 5.54. The Labute approximate surface area is 108 Å². The van der Waals surface area contributed by atoms with Crippen LogP contribution in [0.15, 0.2) is 18.6 Å². The molecule has 0 aliphatic carbocycles. The smallest absolute Gasteiger partial charge is 0.274 e. The SMILES string of the molecule is CC(C)(C)N1CCN(C(=O)c2cnccn2)CC1. The fraction of sp³-hybridized carbons (Fsp3) is 0.615. The predicted molar refractivity (Wildman–Crippen MR) is 69.3 cm³/mol. The maximum absolute atomic E-state index is 12.2. The third-order valence-electron chi connectivity index (χ3n) is 3.30. The number of amides is 1. The zero-order valence-corrected chi connectivity index (χ0v) is 11.3. The van der Waals surface area contributed by atoms with E-state index in [0.29, 0.717) is 5.69 Å². The van der Waals surface area contributed by atoms with Gasteiger partial charge in [0.1, 0.15) is 5.69 Å². The highest BCUT2D eigenvalue weighted by Gasteiger charge is 2.28. The predicted octanol–water partition coefficient (Wildman–Crippen LogP) is 1.03. The molecule has 1 amide bonds. The summed E-state index contributed by atoms with van der Waals surface area (Å²) in [7, 11) is 0. The van der Waals surface area contributed by atoms with Crippen molar-refractivity contribution in [2.24, 2.45) is 0 Å². The average Bonchev–Trinajstić information content (AvgIpc) is 2.38. The van der Waals surface area contributed by atoms with Gasteiger partial charge in [-0.2, -0.15) is 0 Å². The molecule has 5 heteroatoms. The maximum atomic E-state index is 12.2. The molecule has 0 saturated carbocycles. The van der Waals surface area contributed by atoms with Crippen molar-refractivity contribution in [2.45, 2.75) is 26.3 Å². The fourth-order valence-corrected chi connectivity index (χ4v) is 2.15. The van der Waals surface area contributed by atoms with Gasteiger partial charge in [-0.3, -0.25) is 14.7 Å². The van der Waals surface area contributed by atoms with Gasteiger partial charge in [0.05, 0.1) is 6.20 Å². The molecule has 0 aromatic carbocycles. The summed E-state index contributed by atoms with van der Waals surface area (Å²) in [4.78, 5) is 24.4. The molecule has 0 N–H and O–H groups in total. The standard InChI is InChI=1S/C13H20N4O/c1-13(2,3)17-8-6-16(7-9-17)12(18)11-10-14-4-5-15-11/h4-5,10H,6-9H2,1-3H3. The third kappa shape index (κ3) is 2.85. The third-order valence-corrected chi connectivity index (χ3v) is 3.30. The van der Waals surface area contributed by atoms with Gasteiger partial charge in [-0.05, 0) is 20.8 Å². The highest BCUT2D eigenvalue weighted by molar-refractivity contribution is 5.92. The molecule has 98 valence electrons. The largest absolute Gasteiger partial charge is 0.335 e. The zero-order valence-electron chi connectivity index (χ0n) is 11.3. The molecule has 5 nitrogen and oxygen atoms in total. The van der Waals surface area contributed by atoms with Crippen molar-refractivity contribution in [1.82, 2.24) is 19.8 Å². The van der Waals surface area contributed by atoms with Gasteiger partial charge in [0.2, 0.25) is 0 Å². The first-order chi connectivity index (χ1) is 8.48. The molecular formula is C13H20N4O. The molecule has 1 aromatic rings. The Morgan fingerprint density at radius 1 is 1.17 bits per heavy atom. The van der Waals surface area contributed by atoms with E-state index in [-0.39, 0.29) is 11.4 Å². The minimum absolute atomic E-state index is 0.0170. The highest BCUT2D eigenvalue weighted by atomic mass is 16.2. The van der Waals surface area contributed by atoms with Gasteiger partial charge in [0, 0.05) is 44.1 Å². The molecule has 1 saturated heterocycles. The molecule has 0 spiro atoms. The van der Waals surface area contributed by atoms with E-state index in [1.807, 2.05) is 4.90 Å². The van der Waals surface area contributed by atoms with Crippen LogP contribution in [0.4, 0.5) is 0 Å². The summed E-state index contributed by atoms with van der Waals surface area (Å²) in [6.45, 7) is 9.94. The first-order valence-electron chi connectivity index (χ1n) is 6.29. The summed E-state index contributed by atoms with van der Waals surface area (Å²) in [5.41, 5.74) is 0.600. The molecule has 0 bridgehead atoms. The van der Waals surface area contributed by atoms with E-state index in [1.165, 1.54) is 6.20 Å². The summed E-state index contributed by atoms with van der Waals surface area (Å²) in [5, 5.41) is 0. The quantitative estimate of drug-likeness (QED) is 0.745. The number of aromatic nitrogens is 2. The van der Waals surface area contributed by atoms with Gasteiger partial charge in [-0.1, -0.05) is 0 Å². The van der Waals surface area contributed by atoms with Crippen LogP contribution in [-0.2, 0) is 0 Å². The Bertz CT molecular complexity index is 405. The van der Waals surface area contributed by atoms with E-state index >= 15 is 0 Å². The first kappa shape index (κ1) is 13.0. The van der Waals surface area contributed by atoms with Crippen LogP contribution in [0.2, 0.25) is 0 Å². The van der Waals surface area contributed by atoms with Crippen molar-refractivity contribution in [3.8, 4) is 0 Å². The summed E-state index contributed by atoms with van der Waals surface area (Å²) in [6.07, 6.45) is 4.66. The van der Waals surface area contributed by atoms with Crippen LogP contribution in [-0.4, -0.2) is 57.4 Å². The lowest BCUT2D eigenvalue weighted by atomic mass is 10.0. The van der Waals surface area contributed by atoms with Crippen LogP contribution < -0.4 is 0 Å². The van der Waals surface area contributed by atoms with E-state index in [9.17, 15) is 4.79 Å². The first-order valence-corrected chi connectivity index (χ1v) is 6.29. The Kier molecular flexibility index (Phi) is 3.61. The lowest BCUT2D eigenvalue weighted by Crippen LogP contribution is -2.54. The molecule has 0 unspecified atom stereocenters. The van der Waals surface area contributed by atoms with E-state index < -0.39 is 0 Å². The number of carbonyl (C=O) groups excluding carboxylic acids is 1. The van der Waals surface area contributed by atoms with Gasteiger partial charge in [0.15, 0.2) is 0 Å². The molecule has 0 atom stereocenters. The lowest BCUT2D eigenvalue weighted by molar-refractivity contribution is 0.0446. The Morgan fingerprint density at radius 2 is 1.83 bits per heavy atom. The van der Waals surface area contributed by atoms with Crippen LogP contribution in [0.25, 0.3) is 0 Å². The van der Waals surface area contributed by atoms with Crippen LogP contribution in [0.1, 0.15) is 31.3 Å².